The first-order valence-electron chi connectivity index (χ1n) is 5.15. The third-order valence-electron chi connectivity index (χ3n) is 2.15. The standard InChI is InChI=1S/C12H14FNO3/c1-8-5-9(7-10(13)6-8)12(16)14-4-3-11(15)17-2/h5-7H,3-4H2,1-2H3,(H,14,16). The van der Waals surface area contributed by atoms with E-state index in [0.29, 0.717) is 5.56 Å². The Morgan fingerprint density at radius 2 is 2.06 bits per heavy atom. The van der Waals surface area contributed by atoms with Crippen LogP contribution in [-0.4, -0.2) is 25.5 Å². The summed E-state index contributed by atoms with van der Waals surface area (Å²) in [5, 5.41) is 2.51. The Hall–Kier alpha value is -1.91. The fraction of sp³-hybridized carbons (Fsp3) is 0.333. The van der Waals surface area contributed by atoms with Crippen molar-refractivity contribution in [3.05, 3.63) is 35.1 Å². The average Bonchev–Trinajstić information content (AvgIpc) is 2.27. The molecule has 0 radical (unpaired) electrons. The van der Waals surface area contributed by atoms with Crippen LogP contribution in [0, 0.1) is 12.7 Å². The predicted molar refractivity (Wildman–Crippen MR) is 60.1 cm³/mol. The van der Waals surface area contributed by atoms with E-state index in [1.807, 2.05) is 0 Å². The van der Waals surface area contributed by atoms with Gasteiger partial charge in [0.15, 0.2) is 0 Å². The molecular formula is C12H14FNO3. The van der Waals surface area contributed by atoms with E-state index in [1.165, 1.54) is 13.2 Å². The maximum absolute atomic E-state index is 13.0. The predicted octanol–water partition coefficient (Wildman–Crippen LogP) is 1.43. The Morgan fingerprint density at radius 1 is 1.35 bits per heavy atom. The number of carbonyl (C=O) groups is 2. The van der Waals surface area contributed by atoms with Crippen molar-refractivity contribution in [1.29, 1.82) is 0 Å². The zero-order chi connectivity index (χ0) is 12.8. The second-order valence-corrected chi connectivity index (χ2v) is 3.60. The quantitative estimate of drug-likeness (QED) is 0.808. The van der Waals surface area contributed by atoms with Crippen LogP contribution in [0.1, 0.15) is 22.3 Å². The van der Waals surface area contributed by atoms with Crippen LogP contribution in [-0.2, 0) is 9.53 Å². The molecule has 0 bridgehead atoms. The zero-order valence-corrected chi connectivity index (χ0v) is 9.75. The van der Waals surface area contributed by atoms with Crippen molar-refractivity contribution in [3.63, 3.8) is 0 Å². The summed E-state index contributed by atoms with van der Waals surface area (Å²) >= 11 is 0. The van der Waals surface area contributed by atoms with Crippen molar-refractivity contribution in [2.75, 3.05) is 13.7 Å². The van der Waals surface area contributed by atoms with Crippen LogP contribution in [0.2, 0.25) is 0 Å². The first-order valence-corrected chi connectivity index (χ1v) is 5.15. The number of hydrogen-bond acceptors (Lipinski definition) is 3. The van der Waals surface area contributed by atoms with Crippen LogP contribution in [0.4, 0.5) is 4.39 Å². The molecule has 0 saturated heterocycles. The molecule has 0 aliphatic heterocycles. The molecule has 92 valence electrons. The van der Waals surface area contributed by atoms with Gasteiger partial charge in [0, 0.05) is 12.1 Å². The molecule has 0 unspecified atom stereocenters. The van der Waals surface area contributed by atoms with Gasteiger partial charge in [-0.25, -0.2) is 4.39 Å². The van der Waals surface area contributed by atoms with Gasteiger partial charge in [0.2, 0.25) is 0 Å². The highest BCUT2D eigenvalue weighted by molar-refractivity contribution is 5.94. The number of carbonyl (C=O) groups excluding carboxylic acids is 2. The van der Waals surface area contributed by atoms with E-state index in [2.05, 4.69) is 10.1 Å². The molecule has 0 heterocycles. The summed E-state index contributed by atoms with van der Waals surface area (Å²) in [7, 11) is 1.28. The third kappa shape index (κ3) is 4.22. The summed E-state index contributed by atoms with van der Waals surface area (Å²) in [5.74, 6) is -1.26. The van der Waals surface area contributed by atoms with Crippen molar-refractivity contribution in [2.24, 2.45) is 0 Å². The van der Waals surface area contributed by atoms with Crippen molar-refractivity contribution < 1.29 is 18.7 Å². The number of halogens is 1. The van der Waals surface area contributed by atoms with E-state index >= 15 is 0 Å². The molecular weight excluding hydrogens is 225 g/mol. The van der Waals surface area contributed by atoms with E-state index in [4.69, 9.17) is 0 Å². The summed E-state index contributed by atoms with van der Waals surface area (Å²) in [6, 6.07) is 4.07. The molecule has 0 aliphatic rings. The zero-order valence-electron chi connectivity index (χ0n) is 9.75. The smallest absolute Gasteiger partial charge is 0.307 e. The van der Waals surface area contributed by atoms with Crippen LogP contribution >= 0.6 is 0 Å². The number of esters is 1. The lowest BCUT2D eigenvalue weighted by atomic mass is 10.1. The van der Waals surface area contributed by atoms with E-state index in [1.54, 1.807) is 13.0 Å². The molecule has 0 aliphatic carbocycles. The highest BCUT2D eigenvalue weighted by atomic mass is 19.1. The number of ether oxygens (including phenoxy) is 1. The van der Waals surface area contributed by atoms with Gasteiger partial charge in [-0.15, -0.1) is 0 Å². The highest BCUT2D eigenvalue weighted by Gasteiger charge is 2.08. The molecule has 0 saturated carbocycles. The van der Waals surface area contributed by atoms with Crippen molar-refractivity contribution >= 4 is 11.9 Å². The Kier molecular flexibility index (Phi) is 4.63. The first-order chi connectivity index (χ1) is 8.02. The number of hydrogen-bond donors (Lipinski definition) is 1. The van der Waals surface area contributed by atoms with Crippen molar-refractivity contribution in [1.82, 2.24) is 5.32 Å². The molecule has 1 aromatic carbocycles. The van der Waals surface area contributed by atoms with Gasteiger partial charge in [-0.3, -0.25) is 9.59 Å². The maximum atomic E-state index is 13.0. The second kappa shape index (κ2) is 5.98. The topological polar surface area (TPSA) is 55.4 Å². The fourth-order valence-corrected chi connectivity index (χ4v) is 1.35. The van der Waals surface area contributed by atoms with Gasteiger partial charge in [-0.1, -0.05) is 0 Å². The second-order valence-electron chi connectivity index (χ2n) is 3.60. The summed E-state index contributed by atoms with van der Waals surface area (Å²) in [5.41, 5.74) is 0.912. The lowest BCUT2D eigenvalue weighted by Gasteiger charge is -2.05. The number of aryl methyl sites for hydroxylation is 1. The van der Waals surface area contributed by atoms with E-state index in [-0.39, 0.29) is 18.5 Å². The van der Waals surface area contributed by atoms with Gasteiger partial charge in [-0.05, 0) is 30.7 Å². The molecule has 0 atom stereocenters. The minimum absolute atomic E-state index is 0.0938. The molecule has 1 rings (SSSR count). The summed E-state index contributed by atoms with van der Waals surface area (Å²) in [6.07, 6.45) is 0.0938. The van der Waals surface area contributed by atoms with Gasteiger partial charge in [0.25, 0.3) is 5.91 Å². The summed E-state index contributed by atoms with van der Waals surface area (Å²) in [6.45, 7) is 1.87. The van der Waals surface area contributed by atoms with Crippen molar-refractivity contribution in [2.45, 2.75) is 13.3 Å². The minimum atomic E-state index is -0.455. The normalized spacial score (nSPS) is 9.82. The largest absolute Gasteiger partial charge is 0.469 e. The molecule has 0 aromatic heterocycles. The minimum Gasteiger partial charge on any atom is -0.469 e. The number of methoxy groups -OCH3 is 1. The van der Waals surface area contributed by atoms with E-state index < -0.39 is 17.7 Å². The number of amides is 1. The first kappa shape index (κ1) is 13.2. The Labute approximate surface area is 98.8 Å². The Balaban J connectivity index is 2.55. The van der Waals surface area contributed by atoms with Gasteiger partial charge >= 0.3 is 5.97 Å². The average molecular weight is 239 g/mol. The maximum Gasteiger partial charge on any atom is 0.307 e. The third-order valence-corrected chi connectivity index (χ3v) is 2.15. The van der Waals surface area contributed by atoms with Gasteiger partial charge < -0.3 is 10.1 Å². The molecule has 4 nitrogen and oxygen atoms in total. The number of rotatable bonds is 4. The van der Waals surface area contributed by atoms with E-state index in [9.17, 15) is 14.0 Å². The highest BCUT2D eigenvalue weighted by Crippen LogP contribution is 2.08. The lowest BCUT2D eigenvalue weighted by Crippen LogP contribution is -2.26. The van der Waals surface area contributed by atoms with Gasteiger partial charge in [0.05, 0.1) is 13.5 Å². The van der Waals surface area contributed by atoms with Crippen LogP contribution in [0.25, 0.3) is 0 Å². The number of benzene rings is 1. The molecule has 0 spiro atoms. The SMILES string of the molecule is COC(=O)CCNC(=O)c1cc(C)cc(F)c1. The molecule has 0 fully saturated rings. The Morgan fingerprint density at radius 3 is 2.65 bits per heavy atom. The molecule has 1 N–H and O–H groups in total. The van der Waals surface area contributed by atoms with Crippen molar-refractivity contribution in [3.8, 4) is 0 Å². The molecule has 17 heavy (non-hydrogen) atoms. The van der Waals surface area contributed by atoms with Crippen LogP contribution < -0.4 is 5.32 Å². The molecule has 1 aromatic rings. The monoisotopic (exact) mass is 239 g/mol. The van der Waals surface area contributed by atoms with Gasteiger partial charge in [-0.2, -0.15) is 0 Å². The Bertz CT molecular complexity index is 412. The van der Waals surface area contributed by atoms with Crippen LogP contribution in [0.3, 0.4) is 0 Å². The summed E-state index contributed by atoms with van der Waals surface area (Å²) in [4.78, 5) is 22.4. The fourth-order valence-electron chi connectivity index (χ4n) is 1.35. The molecule has 5 heteroatoms. The lowest BCUT2D eigenvalue weighted by molar-refractivity contribution is -0.140. The van der Waals surface area contributed by atoms with Crippen LogP contribution in [0.15, 0.2) is 18.2 Å². The van der Waals surface area contributed by atoms with Crippen LogP contribution in [0.5, 0.6) is 0 Å². The summed E-state index contributed by atoms with van der Waals surface area (Å²) < 4.78 is 17.5. The molecule has 1 amide bonds. The number of nitrogens with one attached hydrogen (secondary N) is 1. The van der Waals surface area contributed by atoms with E-state index in [0.717, 1.165) is 6.07 Å². The van der Waals surface area contributed by atoms with Gasteiger partial charge in [0.1, 0.15) is 5.82 Å².